The molecule has 0 aromatic heterocycles. The van der Waals surface area contributed by atoms with Crippen molar-refractivity contribution in [1.82, 2.24) is 4.90 Å². The molecule has 118 valence electrons. The molecule has 0 aliphatic heterocycles. The maximum absolute atomic E-state index is 6.69. The van der Waals surface area contributed by atoms with Crippen molar-refractivity contribution in [3.05, 3.63) is 29.8 Å². The number of rotatable bonds is 5. The lowest BCUT2D eigenvalue weighted by Gasteiger charge is -2.44. The Morgan fingerprint density at radius 3 is 2.43 bits per heavy atom. The van der Waals surface area contributed by atoms with Gasteiger partial charge in [-0.15, -0.1) is 0 Å². The Hall–Kier alpha value is -1.06. The normalized spacial score (nSPS) is 20.0. The van der Waals surface area contributed by atoms with Crippen LogP contribution in [-0.4, -0.2) is 37.7 Å². The summed E-state index contributed by atoms with van der Waals surface area (Å²) in [6.45, 7) is 0. The van der Waals surface area contributed by atoms with Crippen molar-refractivity contribution in [2.45, 2.75) is 56.5 Å². The van der Waals surface area contributed by atoms with Crippen LogP contribution in [0.3, 0.4) is 0 Å². The summed E-state index contributed by atoms with van der Waals surface area (Å²) in [4.78, 5) is 2.38. The number of hydrogen-bond acceptors (Lipinski definition) is 3. The highest BCUT2D eigenvalue weighted by Crippen LogP contribution is 2.34. The van der Waals surface area contributed by atoms with Crippen LogP contribution in [0, 0.1) is 0 Å². The van der Waals surface area contributed by atoms with Gasteiger partial charge in [0.05, 0.1) is 7.11 Å². The SMILES string of the molecule is COc1cccc(CC(N)C2(N(C)C)CCCCCC2)c1. The van der Waals surface area contributed by atoms with Crippen molar-refractivity contribution in [1.29, 1.82) is 0 Å². The van der Waals surface area contributed by atoms with E-state index in [1.807, 2.05) is 6.07 Å². The third-order valence-corrected chi connectivity index (χ3v) is 5.14. The molecule has 1 fully saturated rings. The zero-order valence-electron chi connectivity index (χ0n) is 13.8. The summed E-state index contributed by atoms with van der Waals surface area (Å²) in [5.74, 6) is 0.916. The molecule has 2 rings (SSSR count). The molecule has 1 aliphatic carbocycles. The number of ether oxygens (including phenoxy) is 1. The first kappa shape index (κ1) is 16.3. The van der Waals surface area contributed by atoms with Gasteiger partial charge >= 0.3 is 0 Å². The van der Waals surface area contributed by atoms with Crippen molar-refractivity contribution in [3.63, 3.8) is 0 Å². The molecule has 2 N–H and O–H groups in total. The molecule has 3 nitrogen and oxygen atoms in total. The van der Waals surface area contributed by atoms with Gasteiger partial charge in [0.2, 0.25) is 0 Å². The van der Waals surface area contributed by atoms with Gasteiger partial charge in [-0.1, -0.05) is 37.8 Å². The van der Waals surface area contributed by atoms with Crippen LogP contribution in [0.2, 0.25) is 0 Å². The van der Waals surface area contributed by atoms with Gasteiger partial charge < -0.3 is 15.4 Å². The first-order chi connectivity index (χ1) is 10.1. The van der Waals surface area contributed by atoms with Gasteiger partial charge in [-0.3, -0.25) is 0 Å². The van der Waals surface area contributed by atoms with Gasteiger partial charge in [-0.2, -0.15) is 0 Å². The average molecular weight is 290 g/mol. The zero-order valence-corrected chi connectivity index (χ0v) is 13.8. The molecular formula is C18H30N2O. The van der Waals surface area contributed by atoms with Crippen molar-refractivity contribution >= 4 is 0 Å². The third kappa shape index (κ3) is 3.78. The van der Waals surface area contributed by atoms with Crippen LogP contribution in [0.4, 0.5) is 0 Å². The number of nitrogens with two attached hydrogens (primary N) is 1. The maximum Gasteiger partial charge on any atom is 0.119 e. The Morgan fingerprint density at radius 1 is 1.19 bits per heavy atom. The second-order valence-electron chi connectivity index (χ2n) is 6.57. The topological polar surface area (TPSA) is 38.5 Å². The van der Waals surface area contributed by atoms with E-state index in [4.69, 9.17) is 10.5 Å². The summed E-state index contributed by atoms with van der Waals surface area (Å²) in [6, 6.07) is 8.47. The Morgan fingerprint density at radius 2 is 1.86 bits per heavy atom. The summed E-state index contributed by atoms with van der Waals surface area (Å²) in [7, 11) is 6.10. The smallest absolute Gasteiger partial charge is 0.119 e. The van der Waals surface area contributed by atoms with Gasteiger partial charge in [0, 0.05) is 11.6 Å². The van der Waals surface area contributed by atoms with Crippen molar-refractivity contribution in [2.75, 3.05) is 21.2 Å². The average Bonchev–Trinajstić information content (AvgIpc) is 2.74. The summed E-state index contributed by atoms with van der Waals surface area (Å²) in [5, 5.41) is 0. The molecule has 0 saturated heterocycles. The van der Waals surface area contributed by atoms with Crippen LogP contribution < -0.4 is 10.5 Å². The molecule has 0 spiro atoms. The fourth-order valence-electron chi connectivity index (χ4n) is 3.73. The highest BCUT2D eigenvalue weighted by atomic mass is 16.5. The number of benzene rings is 1. The van der Waals surface area contributed by atoms with E-state index in [2.05, 4.69) is 37.2 Å². The third-order valence-electron chi connectivity index (χ3n) is 5.14. The molecule has 0 radical (unpaired) electrons. The van der Waals surface area contributed by atoms with E-state index in [1.54, 1.807) is 7.11 Å². The number of methoxy groups -OCH3 is 1. The largest absolute Gasteiger partial charge is 0.497 e. The number of likely N-dealkylation sites (N-methyl/N-ethyl adjacent to an activating group) is 1. The molecule has 1 saturated carbocycles. The van der Waals surface area contributed by atoms with Gasteiger partial charge in [0.1, 0.15) is 5.75 Å². The van der Waals surface area contributed by atoms with E-state index in [9.17, 15) is 0 Å². The van der Waals surface area contributed by atoms with Crippen molar-refractivity contribution in [2.24, 2.45) is 5.73 Å². The van der Waals surface area contributed by atoms with E-state index < -0.39 is 0 Å². The predicted molar refractivity (Wildman–Crippen MR) is 88.8 cm³/mol. The molecule has 1 aromatic carbocycles. The predicted octanol–water partition coefficient (Wildman–Crippen LogP) is 3.22. The zero-order chi connectivity index (χ0) is 15.3. The molecule has 3 heteroatoms. The van der Waals surface area contributed by atoms with Gasteiger partial charge in [0.25, 0.3) is 0 Å². The van der Waals surface area contributed by atoms with E-state index in [0.29, 0.717) is 0 Å². The molecule has 1 atom stereocenters. The van der Waals surface area contributed by atoms with Gasteiger partial charge in [0.15, 0.2) is 0 Å². The Balaban J connectivity index is 2.16. The highest BCUT2D eigenvalue weighted by Gasteiger charge is 2.38. The maximum atomic E-state index is 6.69. The minimum atomic E-state index is 0.138. The lowest BCUT2D eigenvalue weighted by atomic mass is 9.79. The Labute approximate surface area is 129 Å². The van der Waals surface area contributed by atoms with E-state index in [-0.39, 0.29) is 11.6 Å². The molecule has 0 heterocycles. The summed E-state index contributed by atoms with van der Waals surface area (Å²) >= 11 is 0. The number of hydrogen-bond donors (Lipinski definition) is 1. The standard InChI is InChI=1S/C18H30N2O/c1-20(2)18(11-6-4-5-7-12-18)17(19)14-15-9-8-10-16(13-15)21-3/h8-10,13,17H,4-7,11-12,14,19H2,1-3H3. The lowest BCUT2D eigenvalue weighted by molar-refractivity contribution is 0.0968. The van der Waals surface area contributed by atoms with Crippen molar-refractivity contribution in [3.8, 4) is 5.75 Å². The molecular weight excluding hydrogens is 260 g/mol. The Kier molecular flexibility index (Phi) is 5.65. The summed E-state index contributed by atoms with van der Waals surface area (Å²) < 4.78 is 5.32. The summed E-state index contributed by atoms with van der Waals surface area (Å²) in [5.41, 5.74) is 8.10. The monoisotopic (exact) mass is 290 g/mol. The molecule has 0 amide bonds. The van der Waals surface area contributed by atoms with Crippen LogP contribution in [0.25, 0.3) is 0 Å². The van der Waals surface area contributed by atoms with Crippen LogP contribution in [0.5, 0.6) is 5.75 Å². The minimum Gasteiger partial charge on any atom is -0.497 e. The molecule has 1 aliphatic rings. The lowest BCUT2D eigenvalue weighted by Crippen LogP contribution is -2.58. The fourth-order valence-corrected chi connectivity index (χ4v) is 3.73. The first-order valence-corrected chi connectivity index (χ1v) is 8.14. The minimum absolute atomic E-state index is 0.138. The fraction of sp³-hybridized carbons (Fsp3) is 0.667. The van der Waals surface area contributed by atoms with Gasteiger partial charge in [-0.05, 0) is 51.1 Å². The first-order valence-electron chi connectivity index (χ1n) is 8.14. The van der Waals surface area contributed by atoms with Crippen LogP contribution in [0.1, 0.15) is 44.1 Å². The van der Waals surface area contributed by atoms with E-state index in [1.165, 1.54) is 44.1 Å². The van der Waals surface area contributed by atoms with E-state index in [0.717, 1.165) is 12.2 Å². The van der Waals surface area contributed by atoms with Gasteiger partial charge in [-0.25, -0.2) is 0 Å². The second kappa shape index (κ2) is 7.28. The Bertz CT molecular complexity index is 437. The van der Waals surface area contributed by atoms with Crippen LogP contribution >= 0.6 is 0 Å². The summed E-state index contributed by atoms with van der Waals surface area (Å²) in [6.07, 6.45) is 8.63. The number of nitrogens with zero attached hydrogens (tertiary/aromatic N) is 1. The van der Waals surface area contributed by atoms with Crippen molar-refractivity contribution < 1.29 is 4.74 Å². The molecule has 0 bridgehead atoms. The highest BCUT2D eigenvalue weighted by molar-refractivity contribution is 5.29. The molecule has 1 unspecified atom stereocenters. The second-order valence-corrected chi connectivity index (χ2v) is 6.57. The molecule has 1 aromatic rings. The van der Waals surface area contributed by atoms with Crippen LogP contribution in [-0.2, 0) is 6.42 Å². The van der Waals surface area contributed by atoms with Crippen LogP contribution in [0.15, 0.2) is 24.3 Å². The molecule has 21 heavy (non-hydrogen) atoms. The van der Waals surface area contributed by atoms with E-state index >= 15 is 0 Å². The quantitative estimate of drug-likeness (QED) is 0.846.